The van der Waals surface area contributed by atoms with Gasteiger partial charge in [-0.2, -0.15) is 0 Å². The van der Waals surface area contributed by atoms with Gasteiger partial charge >= 0.3 is 12.2 Å². The monoisotopic (exact) mass is 501 g/mol. The van der Waals surface area contributed by atoms with Crippen LogP contribution in [0.1, 0.15) is 36.0 Å². The van der Waals surface area contributed by atoms with Crippen LogP contribution in [0.25, 0.3) is 0 Å². The van der Waals surface area contributed by atoms with Gasteiger partial charge in [-0.15, -0.1) is 0 Å². The fraction of sp³-hybridized carbons (Fsp3) is 0.333. The van der Waals surface area contributed by atoms with Gasteiger partial charge in [-0.1, -0.05) is 91.0 Å². The smallest absolute Gasteiger partial charge is 0.429 e. The van der Waals surface area contributed by atoms with E-state index in [4.69, 9.17) is 9.47 Å². The Hall–Kier alpha value is -3.84. The number of amides is 2. The predicted molar refractivity (Wildman–Crippen MR) is 142 cm³/mol. The quantitative estimate of drug-likeness (QED) is 0.389. The lowest BCUT2D eigenvalue weighted by Crippen LogP contribution is -2.57. The van der Waals surface area contributed by atoms with Crippen LogP contribution in [0.15, 0.2) is 91.0 Å². The molecule has 0 saturated carbocycles. The maximum atomic E-state index is 13.1. The van der Waals surface area contributed by atoms with E-state index in [2.05, 4.69) is 34.6 Å². The van der Waals surface area contributed by atoms with Gasteiger partial charge in [0.2, 0.25) is 0 Å². The summed E-state index contributed by atoms with van der Waals surface area (Å²) >= 11 is 0. The number of piperidine rings is 1. The number of hydrazine groups is 1. The molecule has 1 fully saturated rings. The fourth-order valence-corrected chi connectivity index (χ4v) is 4.53. The van der Waals surface area contributed by atoms with E-state index in [1.807, 2.05) is 66.7 Å². The molecule has 1 unspecified atom stereocenters. The van der Waals surface area contributed by atoms with Crippen LogP contribution in [-0.4, -0.2) is 47.8 Å². The lowest BCUT2D eigenvalue weighted by Gasteiger charge is -2.38. The summed E-state index contributed by atoms with van der Waals surface area (Å²) in [5.74, 6) is 0. The summed E-state index contributed by atoms with van der Waals surface area (Å²) in [6, 6.07) is 29.2. The van der Waals surface area contributed by atoms with E-state index in [9.17, 15) is 9.59 Å². The zero-order valence-electron chi connectivity index (χ0n) is 21.1. The third-order valence-electron chi connectivity index (χ3n) is 6.45. The Morgan fingerprint density at radius 1 is 0.811 bits per heavy atom. The maximum Gasteiger partial charge on any atom is 0.429 e. The van der Waals surface area contributed by atoms with Crippen LogP contribution < -0.4 is 5.43 Å². The lowest BCUT2D eigenvalue weighted by atomic mass is 10.0. The maximum absolute atomic E-state index is 13.1. The third-order valence-corrected chi connectivity index (χ3v) is 6.45. The Bertz CT molecular complexity index is 1100. The molecule has 1 aliphatic rings. The largest absolute Gasteiger partial charge is 0.443 e. The number of benzene rings is 3. The Balaban J connectivity index is 1.35. The second kappa shape index (κ2) is 14.0. The van der Waals surface area contributed by atoms with Gasteiger partial charge in [-0.25, -0.2) is 20.0 Å². The van der Waals surface area contributed by atoms with E-state index in [0.717, 1.165) is 49.9 Å². The van der Waals surface area contributed by atoms with Gasteiger partial charge in [0.15, 0.2) is 0 Å². The van der Waals surface area contributed by atoms with Gasteiger partial charge in [0.1, 0.15) is 13.2 Å². The second-order valence-corrected chi connectivity index (χ2v) is 9.27. The number of carbonyl (C=O) groups excluding carboxylic acids is 2. The standard InChI is InChI=1S/C30H35N3O4/c34-29(36-23-26-14-6-2-7-15-26)31-33(30(35)37-24-27-16-8-3-9-17-27)28-19-11-21-32(22-28)20-10-18-25-12-4-1-5-13-25/h1-9,12-17,28H,10-11,18-24H2,(H,31,34). The number of aryl methyl sites for hydroxylation is 1. The minimum Gasteiger partial charge on any atom is -0.443 e. The van der Waals surface area contributed by atoms with Crippen LogP contribution in [0.4, 0.5) is 9.59 Å². The summed E-state index contributed by atoms with van der Waals surface area (Å²) in [5.41, 5.74) is 5.75. The van der Waals surface area contributed by atoms with Gasteiger partial charge in [0, 0.05) is 6.54 Å². The van der Waals surface area contributed by atoms with Crippen LogP contribution in [0.2, 0.25) is 0 Å². The highest BCUT2D eigenvalue weighted by atomic mass is 16.6. The lowest BCUT2D eigenvalue weighted by molar-refractivity contribution is 0.0255. The molecule has 1 saturated heterocycles. The van der Waals surface area contributed by atoms with Crippen molar-refractivity contribution in [2.45, 2.75) is 44.9 Å². The van der Waals surface area contributed by atoms with Crippen molar-refractivity contribution in [2.75, 3.05) is 19.6 Å². The molecule has 1 atom stereocenters. The molecule has 0 radical (unpaired) electrons. The van der Waals surface area contributed by atoms with Crippen molar-refractivity contribution < 1.29 is 19.1 Å². The predicted octanol–water partition coefficient (Wildman–Crippen LogP) is 5.56. The highest BCUT2D eigenvalue weighted by Gasteiger charge is 2.31. The average molecular weight is 502 g/mol. The van der Waals surface area contributed by atoms with E-state index in [-0.39, 0.29) is 19.3 Å². The summed E-state index contributed by atoms with van der Waals surface area (Å²) in [7, 11) is 0. The Kier molecular flexibility index (Phi) is 9.95. The summed E-state index contributed by atoms with van der Waals surface area (Å²) in [5, 5.41) is 1.32. The molecule has 37 heavy (non-hydrogen) atoms. The molecule has 3 aromatic rings. The number of hydrogen-bond acceptors (Lipinski definition) is 5. The van der Waals surface area contributed by atoms with Gasteiger partial charge < -0.3 is 14.4 Å². The Morgan fingerprint density at radius 3 is 2.00 bits per heavy atom. The number of rotatable bonds is 9. The van der Waals surface area contributed by atoms with E-state index >= 15 is 0 Å². The first kappa shape index (κ1) is 26.2. The number of ether oxygens (including phenoxy) is 2. The van der Waals surface area contributed by atoms with Gasteiger partial charge in [-0.05, 0) is 55.5 Å². The Labute approximate surface area is 219 Å². The average Bonchev–Trinajstić information content (AvgIpc) is 2.95. The van der Waals surface area contributed by atoms with Crippen molar-refractivity contribution in [3.63, 3.8) is 0 Å². The highest BCUT2D eigenvalue weighted by Crippen LogP contribution is 2.17. The third kappa shape index (κ3) is 8.65. The summed E-state index contributed by atoms with van der Waals surface area (Å²) < 4.78 is 11.0. The van der Waals surface area contributed by atoms with Gasteiger partial charge in [0.05, 0.1) is 6.04 Å². The summed E-state index contributed by atoms with van der Waals surface area (Å²) in [6.45, 7) is 2.81. The molecule has 3 aromatic carbocycles. The molecule has 7 nitrogen and oxygen atoms in total. The van der Waals surface area contributed by atoms with Crippen LogP contribution >= 0.6 is 0 Å². The van der Waals surface area contributed by atoms with E-state index in [1.165, 1.54) is 10.6 Å². The molecule has 4 rings (SSSR count). The molecule has 0 bridgehead atoms. The number of hydrogen-bond donors (Lipinski definition) is 1. The molecule has 0 spiro atoms. The molecule has 0 aromatic heterocycles. The molecule has 1 heterocycles. The van der Waals surface area contributed by atoms with E-state index in [0.29, 0.717) is 6.54 Å². The van der Waals surface area contributed by atoms with Crippen molar-refractivity contribution in [3.8, 4) is 0 Å². The summed E-state index contributed by atoms with van der Waals surface area (Å²) in [6.07, 6.45) is 2.48. The minimum absolute atomic E-state index is 0.121. The van der Waals surface area contributed by atoms with E-state index in [1.54, 1.807) is 0 Å². The zero-order chi connectivity index (χ0) is 25.7. The first-order valence-electron chi connectivity index (χ1n) is 12.9. The van der Waals surface area contributed by atoms with Crippen molar-refractivity contribution >= 4 is 12.2 Å². The minimum atomic E-state index is -0.679. The normalized spacial score (nSPS) is 15.5. The number of carbonyl (C=O) groups is 2. The molecule has 194 valence electrons. The van der Waals surface area contributed by atoms with E-state index < -0.39 is 12.2 Å². The molecule has 7 heteroatoms. The Morgan fingerprint density at radius 2 is 1.38 bits per heavy atom. The topological polar surface area (TPSA) is 71.1 Å². The number of nitrogens with zero attached hydrogens (tertiary/aromatic N) is 2. The van der Waals surface area contributed by atoms with Crippen LogP contribution in [0.3, 0.4) is 0 Å². The number of nitrogens with one attached hydrogen (secondary N) is 1. The zero-order valence-corrected chi connectivity index (χ0v) is 21.1. The molecule has 2 amide bonds. The number of likely N-dealkylation sites (tertiary alicyclic amines) is 1. The molecular formula is C30H35N3O4. The van der Waals surface area contributed by atoms with Gasteiger partial charge in [0.25, 0.3) is 0 Å². The van der Waals surface area contributed by atoms with Gasteiger partial charge in [-0.3, -0.25) is 0 Å². The second-order valence-electron chi connectivity index (χ2n) is 9.27. The molecule has 1 aliphatic heterocycles. The van der Waals surface area contributed by atoms with Crippen molar-refractivity contribution in [1.82, 2.24) is 15.3 Å². The first-order valence-corrected chi connectivity index (χ1v) is 12.9. The highest BCUT2D eigenvalue weighted by molar-refractivity contribution is 5.74. The van der Waals surface area contributed by atoms with Crippen LogP contribution in [-0.2, 0) is 29.1 Å². The van der Waals surface area contributed by atoms with Crippen molar-refractivity contribution in [3.05, 3.63) is 108 Å². The van der Waals surface area contributed by atoms with Crippen LogP contribution in [0, 0.1) is 0 Å². The molecular weight excluding hydrogens is 466 g/mol. The SMILES string of the molecule is O=C(NN(C(=O)OCc1ccccc1)C1CCCN(CCCc2ccccc2)C1)OCc1ccccc1. The van der Waals surface area contributed by atoms with Crippen molar-refractivity contribution in [2.24, 2.45) is 0 Å². The molecule has 1 N–H and O–H groups in total. The van der Waals surface area contributed by atoms with Crippen molar-refractivity contribution in [1.29, 1.82) is 0 Å². The fourth-order valence-electron chi connectivity index (χ4n) is 4.53. The molecule has 0 aliphatic carbocycles. The van der Waals surface area contributed by atoms with Crippen LogP contribution in [0.5, 0.6) is 0 Å². The first-order chi connectivity index (χ1) is 18.2. The summed E-state index contributed by atoms with van der Waals surface area (Å²) in [4.78, 5) is 28.2.